The Morgan fingerprint density at radius 1 is 1.03 bits per heavy atom. The molecule has 1 aromatic heterocycles. The molecule has 1 aliphatic heterocycles. The summed E-state index contributed by atoms with van der Waals surface area (Å²) < 4.78 is 49.6. The average Bonchev–Trinajstić information content (AvgIpc) is 2.89. The molecule has 3 aromatic carbocycles. The van der Waals surface area contributed by atoms with Crippen LogP contribution in [-0.2, 0) is 0 Å². The van der Waals surface area contributed by atoms with Crippen LogP contribution in [0.4, 0.5) is 24.7 Å². The Balaban J connectivity index is 1.40. The number of halogens is 4. The molecule has 5 rings (SSSR count). The maximum Gasteiger partial charge on any atom is 0.255 e. The van der Waals surface area contributed by atoms with Crippen molar-refractivity contribution in [1.82, 2.24) is 15.3 Å². The van der Waals surface area contributed by atoms with Crippen molar-refractivity contribution in [2.45, 2.75) is 0 Å². The Kier molecular flexibility index (Phi) is 6.62. The van der Waals surface area contributed by atoms with Crippen LogP contribution in [-0.4, -0.2) is 42.1 Å². The summed E-state index contributed by atoms with van der Waals surface area (Å²) in [5, 5.41) is 5.69. The second-order valence-corrected chi connectivity index (χ2v) is 8.48. The summed E-state index contributed by atoms with van der Waals surface area (Å²) in [5.74, 6) is -5.26. The van der Waals surface area contributed by atoms with Gasteiger partial charge in [0.05, 0.1) is 22.9 Å². The number of hydrogen-bond donors (Lipinski definition) is 2. The van der Waals surface area contributed by atoms with E-state index in [1.54, 1.807) is 18.3 Å². The largest absolute Gasteiger partial charge is 0.451 e. The Morgan fingerprint density at radius 2 is 1.83 bits per heavy atom. The van der Waals surface area contributed by atoms with Crippen molar-refractivity contribution < 1.29 is 22.7 Å². The number of hydrogen-bond acceptors (Lipinski definition) is 6. The van der Waals surface area contributed by atoms with Crippen molar-refractivity contribution in [3.63, 3.8) is 0 Å². The van der Waals surface area contributed by atoms with Gasteiger partial charge in [-0.15, -0.1) is 0 Å². The molecular formula is C25H19ClF3N5O2. The van der Waals surface area contributed by atoms with E-state index in [4.69, 9.17) is 16.3 Å². The number of nitrogens with zero attached hydrogens (tertiary/aromatic N) is 3. The maximum atomic E-state index is 14.8. The standard InChI is InChI=1S/C25H19ClF3N5O2/c26-15-3-1-2-14(10-15)25(35)33-20-12-17(27)24(23(29)22(20)28)36-16-4-5-18-19(11-16)32-21(13-31-18)34-8-6-30-7-9-34/h1-5,10-13,30H,6-9H2,(H,33,35). The topological polar surface area (TPSA) is 79.4 Å². The Labute approximate surface area is 208 Å². The molecule has 0 aliphatic carbocycles. The Hall–Kier alpha value is -3.89. The highest BCUT2D eigenvalue weighted by atomic mass is 35.5. The fourth-order valence-corrected chi connectivity index (χ4v) is 3.99. The summed E-state index contributed by atoms with van der Waals surface area (Å²) in [7, 11) is 0. The van der Waals surface area contributed by atoms with E-state index >= 15 is 0 Å². The summed E-state index contributed by atoms with van der Waals surface area (Å²) in [6.07, 6.45) is 1.67. The van der Waals surface area contributed by atoms with Gasteiger partial charge in [0.1, 0.15) is 11.6 Å². The van der Waals surface area contributed by atoms with Crippen LogP contribution in [0.5, 0.6) is 11.5 Å². The number of fused-ring (bicyclic) bond motifs is 1. The van der Waals surface area contributed by atoms with Crippen molar-refractivity contribution in [2.24, 2.45) is 0 Å². The number of carbonyl (C=O) groups is 1. The first-order valence-electron chi connectivity index (χ1n) is 11.0. The molecule has 0 radical (unpaired) electrons. The number of nitrogens with one attached hydrogen (secondary N) is 2. The minimum absolute atomic E-state index is 0.0437. The molecule has 1 saturated heterocycles. The van der Waals surface area contributed by atoms with Gasteiger partial charge in [-0.1, -0.05) is 17.7 Å². The number of anilines is 2. The third-order valence-electron chi connectivity index (χ3n) is 5.61. The zero-order valence-corrected chi connectivity index (χ0v) is 19.5. The van der Waals surface area contributed by atoms with E-state index in [-0.39, 0.29) is 16.3 Å². The van der Waals surface area contributed by atoms with E-state index in [1.807, 2.05) is 0 Å². The van der Waals surface area contributed by atoms with E-state index < -0.39 is 34.8 Å². The lowest BCUT2D eigenvalue weighted by Gasteiger charge is -2.28. The molecule has 4 aromatic rings. The van der Waals surface area contributed by atoms with Gasteiger partial charge in [-0.2, -0.15) is 4.39 Å². The van der Waals surface area contributed by atoms with Crippen LogP contribution in [0, 0.1) is 17.5 Å². The van der Waals surface area contributed by atoms with Gasteiger partial charge in [-0.25, -0.2) is 13.8 Å². The third-order valence-corrected chi connectivity index (χ3v) is 5.85. The van der Waals surface area contributed by atoms with Crippen molar-refractivity contribution in [3.05, 3.63) is 82.8 Å². The van der Waals surface area contributed by atoms with E-state index in [2.05, 4.69) is 25.5 Å². The molecule has 1 fully saturated rings. The van der Waals surface area contributed by atoms with Crippen LogP contribution in [0.2, 0.25) is 5.02 Å². The van der Waals surface area contributed by atoms with Gasteiger partial charge in [-0.3, -0.25) is 9.78 Å². The summed E-state index contributed by atoms with van der Waals surface area (Å²) >= 11 is 5.85. The van der Waals surface area contributed by atoms with Gasteiger partial charge in [0.2, 0.25) is 11.6 Å². The number of piperazine rings is 1. The molecule has 0 unspecified atom stereocenters. The number of amides is 1. The van der Waals surface area contributed by atoms with Gasteiger partial charge >= 0.3 is 0 Å². The zero-order chi connectivity index (χ0) is 25.2. The fourth-order valence-electron chi connectivity index (χ4n) is 3.80. The predicted octanol–water partition coefficient (Wildman–Crippen LogP) is 5.15. The summed E-state index contributed by atoms with van der Waals surface area (Å²) in [5.41, 5.74) is 0.440. The van der Waals surface area contributed by atoms with Crippen LogP contribution in [0.3, 0.4) is 0 Å². The minimum Gasteiger partial charge on any atom is -0.451 e. The lowest BCUT2D eigenvalue weighted by molar-refractivity contribution is 0.102. The highest BCUT2D eigenvalue weighted by molar-refractivity contribution is 6.31. The van der Waals surface area contributed by atoms with E-state index in [0.717, 1.165) is 26.2 Å². The monoisotopic (exact) mass is 513 g/mol. The minimum atomic E-state index is -1.59. The first kappa shape index (κ1) is 23.8. The van der Waals surface area contributed by atoms with Crippen LogP contribution >= 0.6 is 11.6 Å². The summed E-state index contributed by atoms with van der Waals surface area (Å²) in [4.78, 5) is 23.4. The van der Waals surface area contributed by atoms with Crippen molar-refractivity contribution in [2.75, 3.05) is 36.4 Å². The van der Waals surface area contributed by atoms with Crippen molar-refractivity contribution in [3.8, 4) is 11.5 Å². The average molecular weight is 514 g/mol. The molecule has 7 nitrogen and oxygen atoms in total. The number of carbonyl (C=O) groups excluding carboxylic acids is 1. The molecule has 0 bridgehead atoms. The second kappa shape index (κ2) is 10.00. The predicted molar refractivity (Wildman–Crippen MR) is 130 cm³/mol. The first-order valence-corrected chi connectivity index (χ1v) is 11.4. The maximum absolute atomic E-state index is 14.8. The Morgan fingerprint density at radius 3 is 2.61 bits per heavy atom. The number of rotatable bonds is 5. The number of benzene rings is 3. The molecule has 1 aliphatic rings. The van der Waals surface area contributed by atoms with Gasteiger partial charge in [0.15, 0.2) is 11.6 Å². The third kappa shape index (κ3) is 4.91. The molecule has 1 amide bonds. The molecule has 0 atom stereocenters. The highest BCUT2D eigenvalue weighted by Gasteiger charge is 2.23. The highest BCUT2D eigenvalue weighted by Crippen LogP contribution is 2.34. The van der Waals surface area contributed by atoms with Crippen LogP contribution in [0.25, 0.3) is 11.0 Å². The van der Waals surface area contributed by atoms with Crippen molar-refractivity contribution in [1.29, 1.82) is 0 Å². The van der Waals surface area contributed by atoms with Crippen molar-refractivity contribution >= 4 is 40.0 Å². The molecule has 0 spiro atoms. The van der Waals surface area contributed by atoms with E-state index in [9.17, 15) is 18.0 Å². The van der Waals surface area contributed by atoms with Crippen LogP contribution in [0.1, 0.15) is 10.4 Å². The zero-order valence-electron chi connectivity index (χ0n) is 18.7. The van der Waals surface area contributed by atoms with Crippen LogP contribution < -0.4 is 20.3 Å². The normalized spacial score (nSPS) is 13.6. The number of ether oxygens (including phenoxy) is 1. The molecule has 2 N–H and O–H groups in total. The molecule has 0 saturated carbocycles. The SMILES string of the molecule is O=C(Nc1cc(F)c(Oc2ccc3ncc(N4CCNCC4)nc3c2)c(F)c1F)c1cccc(Cl)c1. The summed E-state index contributed by atoms with van der Waals surface area (Å²) in [6.45, 7) is 3.18. The molecule has 36 heavy (non-hydrogen) atoms. The van der Waals surface area contributed by atoms with E-state index in [0.29, 0.717) is 22.9 Å². The molecule has 184 valence electrons. The van der Waals surface area contributed by atoms with Gasteiger partial charge in [0.25, 0.3) is 5.91 Å². The van der Waals surface area contributed by atoms with Gasteiger partial charge in [0, 0.05) is 48.9 Å². The van der Waals surface area contributed by atoms with Crippen LogP contribution in [0.15, 0.2) is 54.7 Å². The fraction of sp³-hybridized carbons (Fsp3) is 0.160. The molecule has 11 heteroatoms. The smallest absolute Gasteiger partial charge is 0.255 e. The number of aromatic nitrogens is 2. The lowest BCUT2D eigenvalue weighted by atomic mass is 10.2. The Bertz CT molecular complexity index is 1460. The molecular weight excluding hydrogens is 495 g/mol. The second-order valence-electron chi connectivity index (χ2n) is 8.05. The first-order chi connectivity index (χ1) is 17.4. The van der Waals surface area contributed by atoms with E-state index in [1.165, 1.54) is 30.3 Å². The molecule has 2 heterocycles. The van der Waals surface area contributed by atoms with Gasteiger partial charge < -0.3 is 20.3 Å². The quantitative estimate of drug-likeness (QED) is 0.359. The lowest BCUT2D eigenvalue weighted by Crippen LogP contribution is -2.43. The van der Waals surface area contributed by atoms with Gasteiger partial charge in [-0.05, 0) is 30.3 Å². The summed E-state index contributed by atoms with van der Waals surface area (Å²) in [6, 6.07) is 11.0.